The van der Waals surface area contributed by atoms with Crippen molar-refractivity contribution in [1.82, 2.24) is 15.1 Å². The van der Waals surface area contributed by atoms with Crippen molar-refractivity contribution >= 4 is 5.96 Å². The van der Waals surface area contributed by atoms with Crippen molar-refractivity contribution in [3.63, 3.8) is 0 Å². The molecule has 0 spiro atoms. The third-order valence-corrected chi connectivity index (χ3v) is 5.84. The van der Waals surface area contributed by atoms with Crippen LogP contribution in [0.15, 0.2) is 35.3 Å². The average molecular weight is 357 g/mol. The van der Waals surface area contributed by atoms with Gasteiger partial charge in [-0.15, -0.1) is 0 Å². The molecule has 0 aliphatic carbocycles. The number of hydrogen-bond donors (Lipinski definition) is 1. The fourth-order valence-corrected chi connectivity index (χ4v) is 4.37. The molecule has 2 fully saturated rings. The summed E-state index contributed by atoms with van der Waals surface area (Å²) in [6, 6.07) is 10.9. The highest BCUT2D eigenvalue weighted by Gasteiger charge is 2.25. The number of benzene rings is 1. The Kier molecular flexibility index (Phi) is 7.36. The van der Waals surface area contributed by atoms with Gasteiger partial charge >= 0.3 is 0 Å². The molecule has 1 aromatic carbocycles. The lowest BCUT2D eigenvalue weighted by Crippen LogP contribution is -2.41. The minimum atomic E-state index is 0.722. The van der Waals surface area contributed by atoms with Crippen LogP contribution in [0, 0.1) is 11.8 Å². The second-order valence-corrected chi connectivity index (χ2v) is 7.89. The molecule has 0 radical (unpaired) electrons. The summed E-state index contributed by atoms with van der Waals surface area (Å²) in [6.07, 6.45) is 5.11. The van der Waals surface area contributed by atoms with E-state index in [9.17, 15) is 0 Å². The molecule has 2 aliphatic heterocycles. The topological polar surface area (TPSA) is 30.9 Å². The second-order valence-electron chi connectivity index (χ2n) is 7.89. The Bertz CT molecular complexity index is 557. The van der Waals surface area contributed by atoms with Gasteiger partial charge in [0.15, 0.2) is 5.96 Å². The van der Waals surface area contributed by atoms with Crippen LogP contribution in [0.3, 0.4) is 0 Å². The molecule has 4 heteroatoms. The van der Waals surface area contributed by atoms with E-state index in [4.69, 9.17) is 4.99 Å². The number of nitrogens with one attached hydrogen (secondary N) is 1. The van der Waals surface area contributed by atoms with Crippen molar-refractivity contribution in [2.45, 2.75) is 39.5 Å². The number of nitrogens with zero attached hydrogens (tertiary/aromatic N) is 3. The first-order valence-electron chi connectivity index (χ1n) is 10.6. The lowest BCUT2D eigenvalue weighted by atomic mass is 9.98. The molecule has 3 rings (SSSR count). The molecule has 2 unspecified atom stereocenters. The van der Waals surface area contributed by atoms with Gasteiger partial charge in [0.2, 0.25) is 0 Å². The molecule has 0 saturated carbocycles. The van der Waals surface area contributed by atoms with Crippen molar-refractivity contribution in [3.8, 4) is 0 Å². The summed E-state index contributed by atoms with van der Waals surface area (Å²) in [5, 5.41) is 3.54. The summed E-state index contributed by atoms with van der Waals surface area (Å²) in [5.74, 6) is 2.60. The third-order valence-electron chi connectivity index (χ3n) is 5.84. The van der Waals surface area contributed by atoms with E-state index in [0.717, 1.165) is 44.0 Å². The minimum absolute atomic E-state index is 0.722. The van der Waals surface area contributed by atoms with Crippen molar-refractivity contribution in [3.05, 3.63) is 35.9 Å². The average Bonchev–Trinajstić information content (AvgIpc) is 3.14. The van der Waals surface area contributed by atoms with Crippen LogP contribution in [0.1, 0.15) is 38.7 Å². The first-order chi connectivity index (χ1) is 12.8. The Morgan fingerprint density at radius 3 is 2.69 bits per heavy atom. The largest absolute Gasteiger partial charge is 0.357 e. The van der Waals surface area contributed by atoms with Crippen molar-refractivity contribution < 1.29 is 0 Å². The summed E-state index contributed by atoms with van der Waals surface area (Å²) in [6.45, 7) is 12.3. The fourth-order valence-electron chi connectivity index (χ4n) is 4.37. The van der Waals surface area contributed by atoms with Crippen molar-refractivity contribution in [2.75, 3.05) is 45.8 Å². The van der Waals surface area contributed by atoms with Crippen molar-refractivity contribution in [1.29, 1.82) is 0 Å². The first kappa shape index (κ1) is 19.2. The van der Waals surface area contributed by atoms with E-state index in [2.05, 4.69) is 59.3 Å². The molecule has 0 amide bonds. The van der Waals surface area contributed by atoms with E-state index >= 15 is 0 Å². The molecule has 2 atom stereocenters. The van der Waals surface area contributed by atoms with Gasteiger partial charge in [-0.1, -0.05) is 37.3 Å². The zero-order chi connectivity index (χ0) is 18.2. The highest BCUT2D eigenvalue weighted by atomic mass is 15.3. The highest BCUT2D eigenvalue weighted by molar-refractivity contribution is 5.80. The fraction of sp³-hybridized carbons (Fsp3) is 0.682. The molecule has 144 valence electrons. The summed E-state index contributed by atoms with van der Waals surface area (Å²) in [4.78, 5) is 10.1. The predicted octanol–water partition coefficient (Wildman–Crippen LogP) is 3.25. The maximum Gasteiger partial charge on any atom is 0.193 e. The smallest absolute Gasteiger partial charge is 0.193 e. The van der Waals surface area contributed by atoms with Gasteiger partial charge in [-0.05, 0) is 63.1 Å². The Morgan fingerprint density at radius 1 is 1.08 bits per heavy atom. The Balaban J connectivity index is 1.54. The van der Waals surface area contributed by atoms with E-state index in [-0.39, 0.29) is 0 Å². The van der Waals surface area contributed by atoms with Gasteiger partial charge < -0.3 is 15.1 Å². The van der Waals surface area contributed by atoms with Crippen LogP contribution in [0.25, 0.3) is 0 Å². The summed E-state index contributed by atoms with van der Waals surface area (Å²) >= 11 is 0. The van der Waals surface area contributed by atoms with Gasteiger partial charge in [-0.2, -0.15) is 0 Å². The molecule has 4 nitrogen and oxygen atoms in total. The molecule has 2 heterocycles. The normalized spacial score (nSPS) is 24.8. The number of likely N-dealkylation sites (tertiary alicyclic amines) is 2. The second kappa shape index (κ2) is 9.96. The lowest BCUT2D eigenvalue weighted by molar-refractivity contribution is 0.186. The quantitative estimate of drug-likeness (QED) is 0.627. The van der Waals surface area contributed by atoms with Gasteiger partial charge in [-0.25, -0.2) is 0 Å². The van der Waals surface area contributed by atoms with Crippen LogP contribution in [0.2, 0.25) is 0 Å². The minimum Gasteiger partial charge on any atom is -0.357 e. The van der Waals surface area contributed by atoms with Gasteiger partial charge in [0.25, 0.3) is 0 Å². The van der Waals surface area contributed by atoms with E-state index in [1.165, 1.54) is 50.9 Å². The molecule has 2 saturated heterocycles. The molecular formula is C22H36N4. The van der Waals surface area contributed by atoms with Crippen LogP contribution in [0.5, 0.6) is 0 Å². The van der Waals surface area contributed by atoms with Gasteiger partial charge in [0.05, 0.1) is 0 Å². The van der Waals surface area contributed by atoms with Crippen LogP contribution < -0.4 is 5.32 Å². The molecule has 1 N–H and O–H groups in total. The maximum absolute atomic E-state index is 5.03. The lowest BCUT2D eigenvalue weighted by Gasteiger charge is -2.31. The van der Waals surface area contributed by atoms with Gasteiger partial charge in [0, 0.05) is 32.7 Å². The predicted molar refractivity (Wildman–Crippen MR) is 111 cm³/mol. The molecule has 0 aromatic heterocycles. The number of rotatable bonds is 6. The number of piperidine rings is 1. The van der Waals surface area contributed by atoms with E-state index in [0.29, 0.717) is 0 Å². The monoisotopic (exact) mass is 356 g/mol. The Hall–Kier alpha value is -1.55. The van der Waals surface area contributed by atoms with Crippen LogP contribution in [-0.2, 0) is 6.42 Å². The van der Waals surface area contributed by atoms with E-state index in [1.807, 2.05) is 0 Å². The van der Waals surface area contributed by atoms with Crippen LogP contribution in [0.4, 0.5) is 0 Å². The molecular weight excluding hydrogens is 320 g/mol. The van der Waals surface area contributed by atoms with E-state index < -0.39 is 0 Å². The standard InChI is InChI=1S/C22H36N4/c1-3-23-22(24-16-21-11-8-13-25(4-2)17-21)26-14-12-20(18-26)15-19-9-6-5-7-10-19/h5-7,9-10,20-21H,3-4,8,11-18H2,1-2H3,(H,23,24). The highest BCUT2D eigenvalue weighted by Crippen LogP contribution is 2.21. The van der Waals surface area contributed by atoms with Crippen molar-refractivity contribution in [2.24, 2.45) is 16.8 Å². The van der Waals surface area contributed by atoms with Crippen LogP contribution in [-0.4, -0.2) is 61.6 Å². The van der Waals surface area contributed by atoms with Gasteiger partial charge in [0.1, 0.15) is 0 Å². The molecule has 26 heavy (non-hydrogen) atoms. The SMILES string of the molecule is CCNC(=NCC1CCCN(CC)C1)N1CCC(Cc2ccccc2)C1. The summed E-state index contributed by atoms with van der Waals surface area (Å²) in [5.41, 5.74) is 1.46. The summed E-state index contributed by atoms with van der Waals surface area (Å²) in [7, 11) is 0. The third kappa shape index (κ3) is 5.47. The van der Waals surface area contributed by atoms with Crippen LogP contribution >= 0.6 is 0 Å². The number of guanidine groups is 1. The Morgan fingerprint density at radius 2 is 1.92 bits per heavy atom. The molecule has 0 bridgehead atoms. The summed E-state index contributed by atoms with van der Waals surface area (Å²) < 4.78 is 0. The first-order valence-corrected chi connectivity index (χ1v) is 10.6. The zero-order valence-corrected chi connectivity index (χ0v) is 16.7. The maximum atomic E-state index is 5.03. The number of aliphatic imine (C=N–C) groups is 1. The molecule has 1 aromatic rings. The zero-order valence-electron chi connectivity index (χ0n) is 16.7. The molecule has 2 aliphatic rings. The van der Waals surface area contributed by atoms with E-state index in [1.54, 1.807) is 0 Å². The Labute approximate surface area is 159 Å². The van der Waals surface area contributed by atoms with Gasteiger partial charge in [-0.3, -0.25) is 4.99 Å². The number of hydrogen-bond acceptors (Lipinski definition) is 2.